The maximum absolute atomic E-state index is 9.35. The summed E-state index contributed by atoms with van der Waals surface area (Å²) < 4.78 is 121. The first-order chi connectivity index (χ1) is 27.2. The quantitative estimate of drug-likeness (QED) is 0.191. The topological polar surface area (TPSA) is 13.1 Å². The molecule has 0 aliphatic heterocycles. The number of para-hydroxylation sites is 1. The zero-order valence-electron chi connectivity index (χ0n) is 36.1. The van der Waals surface area contributed by atoms with Crippen molar-refractivity contribution in [3.63, 3.8) is 0 Å². The summed E-state index contributed by atoms with van der Waals surface area (Å²) in [6.07, 6.45) is -0.491. The Labute approximate surface area is 273 Å². The molecule has 1 heteroatoms. The van der Waals surface area contributed by atoms with Crippen molar-refractivity contribution in [1.29, 1.82) is 0 Å². The van der Waals surface area contributed by atoms with Crippen LogP contribution in [0.25, 0.3) is 76.5 Å². The van der Waals surface area contributed by atoms with Crippen LogP contribution in [0.4, 0.5) is 0 Å². The van der Waals surface area contributed by atoms with Crippen molar-refractivity contribution in [2.75, 3.05) is 0 Å². The number of fused-ring (bicyclic) bond motifs is 6. The summed E-state index contributed by atoms with van der Waals surface area (Å²) in [7, 11) is 0. The molecule has 0 spiro atoms. The van der Waals surface area contributed by atoms with Crippen molar-refractivity contribution < 1.29 is 22.2 Å². The van der Waals surface area contributed by atoms with Gasteiger partial charge in [-0.15, -0.1) is 0 Å². The Hall–Kier alpha value is -5.66. The highest BCUT2D eigenvalue weighted by atomic mass is 16.3. The Morgan fingerprint density at radius 1 is 0.432 bits per heavy atom. The van der Waals surface area contributed by atoms with E-state index < -0.39 is 85.0 Å². The third-order valence-corrected chi connectivity index (χ3v) is 8.27. The predicted molar refractivity (Wildman–Crippen MR) is 186 cm³/mol. The van der Waals surface area contributed by atoms with Gasteiger partial charge in [0, 0.05) is 10.8 Å². The predicted octanol–water partition coefficient (Wildman–Crippen LogP) is 12.0. The molecule has 0 aliphatic carbocycles. The molecule has 0 unspecified atom stereocenters. The van der Waals surface area contributed by atoms with E-state index in [0.717, 1.165) is 32.9 Å². The average molecular weight is 574 g/mol. The first-order valence-electron chi connectivity index (χ1n) is 20.7. The molecular formula is C43H28O. The Balaban J connectivity index is 1.47. The number of benzene rings is 8. The minimum absolute atomic E-state index is 0.0132. The smallest absolute Gasteiger partial charge is 0.136 e. The third-order valence-electron chi connectivity index (χ3n) is 8.27. The van der Waals surface area contributed by atoms with Gasteiger partial charge in [0.15, 0.2) is 0 Å². The van der Waals surface area contributed by atoms with Crippen molar-refractivity contribution >= 4 is 54.3 Å². The van der Waals surface area contributed by atoms with E-state index in [9.17, 15) is 5.48 Å². The molecule has 0 amide bonds. The van der Waals surface area contributed by atoms with Gasteiger partial charge in [-0.3, -0.25) is 0 Å². The zero-order chi connectivity index (χ0) is 40.3. The SMILES string of the molecule is [2H]c1c([2H])c([2H])c(Cc2c3c([2H])c([2H])c([2H])c([2H])c3c(-c3ccc(-c4cccc5oc6ccccc6c45)c4ccccc34)c3c([2H])c([2H])c([2H])c([2H])c23)c([2H])c1[2H]. The highest BCUT2D eigenvalue weighted by Gasteiger charge is 2.19. The summed E-state index contributed by atoms with van der Waals surface area (Å²) in [4.78, 5) is 0. The van der Waals surface area contributed by atoms with Crippen LogP contribution in [0.1, 0.15) is 28.9 Å². The van der Waals surface area contributed by atoms with Gasteiger partial charge in [0.2, 0.25) is 0 Å². The van der Waals surface area contributed by atoms with Crippen molar-refractivity contribution in [3.8, 4) is 22.3 Å². The van der Waals surface area contributed by atoms with Gasteiger partial charge in [0.05, 0.1) is 17.8 Å². The second-order valence-corrected chi connectivity index (χ2v) is 10.6. The van der Waals surface area contributed by atoms with E-state index in [1.807, 2.05) is 72.8 Å². The second kappa shape index (κ2) is 9.97. The van der Waals surface area contributed by atoms with Crippen LogP contribution in [0.5, 0.6) is 0 Å². The van der Waals surface area contributed by atoms with Crippen LogP contribution in [-0.4, -0.2) is 0 Å². The monoisotopic (exact) mass is 573 g/mol. The van der Waals surface area contributed by atoms with E-state index >= 15 is 0 Å². The van der Waals surface area contributed by atoms with Crippen molar-refractivity contribution in [2.45, 2.75) is 6.42 Å². The zero-order valence-corrected chi connectivity index (χ0v) is 23.1. The third kappa shape index (κ3) is 3.80. The fraction of sp³-hybridized carbons (Fsp3) is 0.0233. The summed E-state index contributed by atoms with van der Waals surface area (Å²) in [5, 5.41) is 3.02. The fourth-order valence-electron chi connectivity index (χ4n) is 6.44. The molecule has 1 heterocycles. The lowest BCUT2D eigenvalue weighted by Crippen LogP contribution is -1.96. The molecule has 1 nitrogen and oxygen atoms in total. The Morgan fingerprint density at radius 2 is 1.00 bits per heavy atom. The van der Waals surface area contributed by atoms with Crippen molar-refractivity contribution in [1.82, 2.24) is 0 Å². The average Bonchev–Trinajstić information content (AvgIpc) is 3.61. The summed E-state index contributed by atoms with van der Waals surface area (Å²) in [5.74, 6) is 0. The van der Waals surface area contributed by atoms with Crippen LogP contribution >= 0.6 is 0 Å². The molecule has 206 valence electrons. The molecule has 0 N–H and O–H groups in total. The lowest BCUT2D eigenvalue weighted by molar-refractivity contribution is 0.669. The molecule has 1 aromatic heterocycles. The van der Waals surface area contributed by atoms with E-state index in [1.165, 1.54) is 0 Å². The van der Waals surface area contributed by atoms with Crippen LogP contribution < -0.4 is 0 Å². The summed E-state index contributed by atoms with van der Waals surface area (Å²) in [6, 6.07) is 17.6. The molecule has 8 aromatic carbocycles. The molecule has 0 atom stereocenters. The number of furan rings is 1. The summed E-state index contributed by atoms with van der Waals surface area (Å²) in [6.45, 7) is 0. The van der Waals surface area contributed by atoms with Crippen LogP contribution in [0.3, 0.4) is 0 Å². The summed E-state index contributed by atoms with van der Waals surface area (Å²) in [5.41, 5.74) is 3.53. The van der Waals surface area contributed by atoms with Gasteiger partial charge in [0.25, 0.3) is 0 Å². The number of hydrogen-bond donors (Lipinski definition) is 0. The van der Waals surface area contributed by atoms with E-state index in [-0.39, 0.29) is 38.2 Å². The van der Waals surface area contributed by atoms with Gasteiger partial charge in [-0.1, -0.05) is 145 Å². The minimum Gasteiger partial charge on any atom is -0.456 e. The normalized spacial score (nSPS) is 15.9. The van der Waals surface area contributed by atoms with E-state index in [0.29, 0.717) is 16.5 Å². The molecule has 0 fully saturated rings. The molecule has 0 saturated carbocycles. The summed E-state index contributed by atoms with van der Waals surface area (Å²) >= 11 is 0. The molecule has 0 aliphatic rings. The molecule has 0 radical (unpaired) electrons. The van der Waals surface area contributed by atoms with E-state index in [1.54, 1.807) is 6.07 Å². The van der Waals surface area contributed by atoms with Gasteiger partial charge in [-0.05, 0) is 84.3 Å². The van der Waals surface area contributed by atoms with Crippen LogP contribution in [0.15, 0.2) is 162 Å². The van der Waals surface area contributed by atoms with Gasteiger partial charge in [-0.2, -0.15) is 0 Å². The first kappa shape index (κ1) is 15.2. The van der Waals surface area contributed by atoms with Gasteiger partial charge < -0.3 is 4.42 Å². The number of hydrogen-bond acceptors (Lipinski definition) is 1. The number of rotatable bonds is 4. The van der Waals surface area contributed by atoms with Crippen LogP contribution in [-0.2, 0) is 6.42 Å². The Kier molecular flexibility index (Phi) is 3.44. The lowest BCUT2D eigenvalue weighted by Gasteiger charge is -2.19. The maximum atomic E-state index is 9.35. The van der Waals surface area contributed by atoms with Crippen LogP contribution in [0, 0.1) is 0 Å². The van der Waals surface area contributed by atoms with Crippen molar-refractivity contribution in [3.05, 3.63) is 169 Å². The Morgan fingerprint density at radius 3 is 1.73 bits per heavy atom. The molecule has 44 heavy (non-hydrogen) atoms. The van der Waals surface area contributed by atoms with Crippen LogP contribution in [0.2, 0.25) is 0 Å². The van der Waals surface area contributed by atoms with E-state index in [2.05, 4.69) is 0 Å². The molecule has 0 saturated heterocycles. The van der Waals surface area contributed by atoms with Crippen molar-refractivity contribution in [2.24, 2.45) is 0 Å². The first-order valence-corrected chi connectivity index (χ1v) is 14.2. The standard InChI is InChI=1S/C43H28O/c1-2-13-28(14-3-1)27-39-31-17-6-8-19-34(31)42(35-20-9-7-18-32(35)39)37-26-25-33(29-15-4-5-16-30(29)37)36-22-12-24-41-43(36)38-21-10-11-23-40(38)44-41/h1-26H,27H2/i1D,2D,3D,6D,7D,8D,9D,13D,14D,17D,18D,19D,20D. The minimum atomic E-state index is -0.616. The second-order valence-electron chi connectivity index (χ2n) is 10.6. The van der Waals surface area contributed by atoms with Gasteiger partial charge in [0.1, 0.15) is 11.2 Å². The highest BCUT2D eigenvalue weighted by Crippen LogP contribution is 2.45. The molecule has 0 bridgehead atoms. The maximum Gasteiger partial charge on any atom is 0.136 e. The molecule has 9 aromatic rings. The lowest BCUT2D eigenvalue weighted by atomic mass is 9.84. The molecule has 9 rings (SSSR count). The highest BCUT2D eigenvalue weighted by molar-refractivity contribution is 6.21. The Bertz CT molecular complexity index is 3150. The largest absolute Gasteiger partial charge is 0.456 e. The van der Waals surface area contributed by atoms with Gasteiger partial charge in [-0.25, -0.2) is 0 Å². The van der Waals surface area contributed by atoms with E-state index in [4.69, 9.17) is 16.8 Å². The van der Waals surface area contributed by atoms with Gasteiger partial charge >= 0.3 is 0 Å². The molecular weight excluding hydrogens is 532 g/mol. The fourth-order valence-corrected chi connectivity index (χ4v) is 6.44.